The van der Waals surface area contributed by atoms with Crippen LogP contribution in [0.3, 0.4) is 0 Å². The number of methoxy groups -OCH3 is 1. The fourth-order valence-electron chi connectivity index (χ4n) is 1.81. The van der Waals surface area contributed by atoms with E-state index in [4.69, 9.17) is 9.84 Å². The molecule has 2 N–H and O–H groups in total. The topological polar surface area (TPSA) is 79.4 Å². The molecular formula is C13H10FNO4. The Bertz CT molecular complexity index is 693. The molecule has 1 aromatic carbocycles. The molecule has 0 aliphatic rings. The molecule has 0 spiro atoms. The first kappa shape index (κ1) is 12.8. The van der Waals surface area contributed by atoms with E-state index in [2.05, 4.69) is 4.98 Å². The Morgan fingerprint density at radius 3 is 2.68 bits per heavy atom. The third kappa shape index (κ3) is 2.33. The van der Waals surface area contributed by atoms with Crippen LogP contribution in [0.5, 0.6) is 5.75 Å². The van der Waals surface area contributed by atoms with Gasteiger partial charge in [-0.3, -0.25) is 4.79 Å². The van der Waals surface area contributed by atoms with Gasteiger partial charge in [0, 0.05) is 17.3 Å². The van der Waals surface area contributed by atoms with Crippen LogP contribution < -0.4 is 10.3 Å². The first-order valence-corrected chi connectivity index (χ1v) is 5.33. The number of benzene rings is 1. The number of hydrogen-bond donors (Lipinski definition) is 2. The molecule has 2 rings (SSSR count). The molecule has 0 saturated carbocycles. The Kier molecular flexibility index (Phi) is 3.33. The van der Waals surface area contributed by atoms with Crippen LogP contribution in [0.4, 0.5) is 4.39 Å². The SMILES string of the molecule is COc1ccc(F)cc1-c1cc[nH]c(=O)c1C(=O)O. The van der Waals surface area contributed by atoms with E-state index in [1.54, 1.807) is 0 Å². The normalized spacial score (nSPS) is 10.2. The fraction of sp³-hybridized carbons (Fsp3) is 0.0769. The Morgan fingerprint density at radius 1 is 1.32 bits per heavy atom. The molecular weight excluding hydrogens is 253 g/mol. The quantitative estimate of drug-likeness (QED) is 0.886. The highest BCUT2D eigenvalue weighted by Gasteiger charge is 2.19. The van der Waals surface area contributed by atoms with Gasteiger partial charge >= 0.3 is 5.97 Å². The molecule has 0 radical (unpaired) electrons. The molecule has 5 nitrogen and oxygen atoms in total. The highest BCUT2D eigenvalue weighted by molar-refractivity contribution is 5.96. The zero-order valence-electron chi connectivity index (χ0n) is 9.94. The van der Waals surface area contributed by atoms with E-state index in [0.717, 1.165) is 6.07 Å². The third-order valence-corrected chi connectivity index (χ3v) is 2.63. The number of aromatic amines is 1. The summed E-state index contributed by atoms with van der Waals surface area (Å²) in [4.78, 5) is 25.0. The van der Waals surface area contributed by atoms with Gasteiger partial charge in [-0.05, 0) is 24.3 Å². The van der Waals surface area contributed by atoms with Crippen LogP contribution in [0.25, 0.3) is 11.1 Å². The summed E-state index contributed by atoms with van der Waals surface area (Å²) in [5.41, 5.74) is -0.888. The van der Waals surface area contributed by atoms with Crippen molar-refractivity contribution in [3.8, 4) is 16.9 Å². The molecule has 0 saturated heterocycles. The van der Waals surface area contributed by atoms with E-state index in [-0.39, 0.29) is 16.9 Å². The number of carboxylic acid groups (broad SMARTS) is 1. The number of H-pyrrole nitrogens is 1. The third-order valence-electron chi connectivity index (χ3n) is 2.63. The van der Waals surface area contributed by atoms with Crippen LogP contribution in [-0.2, 0) is 0 Å². The van der Waals surface area contributed by atoms with Gasteiger partial charge in [0.25, 0.3) is 5.56 Å². The van der Waals surface area contributed by atoms with Gasteiger partial charge in [-0.1, -0.05) is 0 Å². The lowest BCUT2D eigenvalue weighted by atomic mass is 10.0. The number of rotatable bonds is 3. The summed E-state index contributed by atoms with van der Waals surface area (Å²) in [6.07, 6.45) is 1.30. The molecule has 0 unspecified atom stereocenters. The average molecular weight is 263 g/mol. The number of ether oxygens (including phenoxy) is 1. The number of pyridine rings is 1. The summed E-state index contributed by atoms with van der Waals surface area (Å²) in [7, 11) is 1.38. The zero-order chi connectivity index (χ0) is 14.0. The van der Waals surface area contributed by atoms with E-state index in [1.807, 2.05) is 0 Å². The summed E-state index contributed by atoms with van der Waals surface area (Å²) in [5.74, 6) is -1.65. The highest BCUT2D eigenvalue weighted by Crippen LogP contribution is 2.31. The minimum Gasteiger partial charge on any atom is -0.496 e. The summed E-state index contributed by atoms with van der Waals surface area (Å²) >= 11 is 0. The van der Waals surface area contributed by atoms with Gasteiger partial charge in [-0.25, -0.2) is 9.18 Å². The zero-order valence-corrected chi connectivity index (χ0v) is 9.94. The number of halogens is 1. The average Bonchev–Trinajstić information content (AvgIpc) is 2.37. The maximum atomic E-state index is 13.3. The monoisotopic (exact) mass is 263 g/mol. The molecule has 1 heterocycles. The molecule has 0 aliphatic carbocycles. The van der Waals surface area contributed by atoms with Gasteiger partial charge in [-0.2, -0.15) is 0 Å². The molecule has 1 aromatic heterocycles. The molecule has 2 aromatic rings. The first-order chi connectivity index (χ1) is 9.04. The smallest absolute Gasteiger partial charge is 0.341 e. The lowest BCUT2D eigenvalue weighted by molar-refractivity contribution is 0.0696. The van der Waals surface area contributed by atoms with Gasteiger partial charge < -0.3 is 14.8 Å². The van der Waals surface area contributed by atoms with Crippen LogP contribution >= 0.6 is 0 Å². The highest BCUT2D eigenvalue weighted by atomic mass is 19.1. The van der Waals surface area contributed by atoms with Crippen molar-refractivity contribution in [3.05, 3.63) is 52.2 Å². The van der Waals surface area contributed by atoms with Crippen molar-refractivity contribution >= 4 is 5.97 Å². The van der Waals surface area contributed by atoms with Crippen LogP contribution in [0, 0.1) is 5.82 Å². The van der Waals surface area contributed by atoms with Gasteiger partial charge in [0.1, 0.15) is 17.1 Å². The van der Waals surface area contributed by atoms with Crippen molar-refractivity contribution in [1.29, 1.82) is 0 Å². The molecule has 0 bridgehead atoms. The van der Waals surface area contributed by atoms with Gasteiger partial charge in [0.2, 0.25) is 0 Å². The molecule has 19 heavy (non-hydrogen) atoms. The molecule has 0 fully saturated rings. The maximum absolute atomic E-state index is 13.3. The number of nitrogens with one attached hydrogen (secondary N) is 1. The van der Waals surface area contributed by atoms with Crippen molar-refractivity contribution in [3.63, 3.8) is 0 Å². The standard InChI is InChI=1S/C13H10FNO4/c1-19-10-3-2-7(14)6-9(10)8-4-5-15-12(16)11(8)13(17)18/h2-6H,1H3,(H,15,16)(H,17,18). The van der Waals surface area contributed by atoms with Crippen molar-refractivity contribution < 1.29 is 19.0 Å². The summed E-state index contributed by atoms with van der Waals surface area (Å²) < 4.78 is 18.4. The van der Waals surface area contributed by atoms with E-state index < -0.39 is 22.9 Å². The number of aromatic nitrogens is 1. The van der Waals surface area contributed by atoms with Crippen molar-refractivity contribution in [2.24, 2.45) is 0 Å². The fourth-order valence-corrected chi connectivity index (χ4v) is 1.81. The predicted molar refractivity (Wildman–Crippen MR) is 66.0 cm³/mol. The Hall–Kier alpha value is -2.63. The second kappa shape index (κ2) is 4.93. The van der Waals surface area contributed by atoms with E-state index in [0.29, 0.717) is 0 Å². The summed E-state index contributed by atoms with van der Waals surface area (Å²) in [6.45, 7) is 0. The number of aromatic carboxylic acids is 1. The first-order valence-electron chi connectivity index (χ1n) is 5.33. The van der Waals surface area contributed by atoms with Gasteiger partial charge in [-0.15, -0.1) is 0 Å². The van der Waals surface area contributed by atoms with Crippen LogP contribution in [-0.4, -0.2) is 23.2 Å². The summed E-state index contributed by atoms with van der Waals surface area (Å²) in [5, 5.41) is 9.09. The molecule has 6 heteroatoms. The number of carbonyl (C=O) groups is 1. The molecule has 0 aliphatic heterocycles. The second-order valence-corrected chi connectivity index (χ2v) is 3.75. The largest absolute Gasteiger partial charge is 0.496 e. The maximum Gasteiger partial charge on any atom is 0.341 e. The minimum atomic E-state index is -1.39. The van der Waals surface area contributed by atoms with Crippen molar-refractivity contribution in [2.45, 2.75) is 0 Å². The lowest BCUT2D eigenvalue weighted by Crippen LogP contribution is -2.18. The number of hydrogen-bond acceptors (Lipinski definition) is 3. The Morgan fingerprint density at radius 2 is 2.05 bits per heavy atom. The van der Waals surface area contributed by atoms with E-state index >= 15 is 0 Å². The minimum absolute atomic E-state index is 0.104. The van der Waals surface area contributed by atoms with E-state index in [1.165, 1.54) is 31.5 Å². The summed E-state index contributed by atoms with van der Waals surface area (Å²) in [6, 6.07) is 5.08. The van der Waals surface area contributed by atoms with Crippen LogP contribution in [0.15, 0.2) is 35.3 Å². The lowest BCUT2D eigenvalue weighted by Gasteiger charge is -2.10. The Balaban J connectivity index is 2.79. The molecule has 0 atom stereocenters. The number of carboxylic acids is 1. The molecule has 98 valence electrons. The van der Waals surface area contributed by atoms with Crippen LogP contribution in [0.2, 0.25) is 0 Å². The van der Waals surface area contributed by atoms with Crippen molar-refractivity contribution in [2.75, 3.05) is 7.11 Å². The second-order valence-electron chi connectivity index (χ2n) is 3.75. The van der Waals surface area contributed by atoms with Gasteiger partial charge in [0.05, 0.1) is 7.11 Å². The van der Waals surface area contributed by atoms with Gasteiger partial charge in [0.15, 0.2) is 0 Å². The molecule has 0 amide bonds. The van der Waals surface area contributed by atoms with Crippen molar-refractivity contribution in [1.82, 2.24) is 4.98 Å². The Labute approximate surface area is 107 Å². The predicted octanol–water partition coefficient (Wildman–Crippen LogP) is 1.89. The van der Waals surface area contributed by atoms with E-state index in [9.17, 15) is 14.0 Å². The van der Waals surface area contributed by atoms with Crippen LogP contribution in [0.1, 0.15) is 10.4 Å².